The highest BCUT2D eigenvalue weighted by atomic mass is 35.5. The van der Waals surface area contributed by atoms with Gasteiger partial charge in [-0.1, -0.05) is 11.6 Å². The summed E-state index contributed by atoms with van der Waals surface area (Å²) >= 11 is 5.90. The number of ether oxygens (including phenoxy) is 1. The molecule has 1 aromatic rings. The number of aromatic nitrogens is 1. The molecule has 0 radical (unpaired) electrons. The first kappa shape index (κ1) is 13.9. The Labute approximate surface area is 118 Å². The van der Waals surface area contributed by atoms with Crippen molar-refractivity contribution in [2.45, 2.75) is 26.4 Å². The Bertz CT molecular complexity index is 499. The summed E-state index contributed by atoms with van der Waals surface area (Å²) in [6.45, 7) is 6.85. The number of anilines is 2. The second-order valence-corrected chi connectivity index (χ2v) is 5.94. The molecule has 1 aromatic heterocycles. The number of hydrogen-bond donors (Lipinski definition) is 0. The van der Waals surface area contributed by atoms with Gasteiger partial charge in [0.2, 0.25) is 0 Å². The van der Waals surface area contributed by atoms with Crippen LogP contribution in [0.2, 0.25) is 5.15 Å². The van der Waals surface area contributed by atoms with Crippen molar-refractivity contribution in [3.8, 4) is 0 Å². The minimum absolute atomic E-state index is 0.356. The minimum atomic E-state index is -0.513. The van der Waals surface area contributed by atoms with Crippen LogP contribution in [0.15, 0.2) is 12.3 Å². The van der Waals surface area contributed by atoms with Gasteiger partial charge in [0.1, 0.15) is 10.8 Å². The number of likely N-dealkylation sites (N-methyl/N-ethyl adjacent to an activating group) is 1. The molecule has 0 aromatic carbocycles. The highest BCUT2D eigenvalue weighted by molar-refractivity contribution is 6.29. The van der Waals surface area contributed by atoms with Gasteiger partial charge >= 0.3 is 6.09 Å². The van der Waals surface area contributed by atoms with E-state index in [0.29, 0.717) is 11.7 Å². The van der Waals surface area contributed by atoms with Crippen LogP contribution in [0.25, 0.3) is 0 Å². The summed E-state index contributed by atoms with van der Waals surface area (Å²) in [5.41, 5.74) is 1.10. The van der Waals surface area contributed by atoms with E-state index in [0.717, 1.165) is 17.9 Å². The van der Waals surface area contributed by atoms with E-state index in [9.17, 15) is 4.79 Å². The van der Waals surface area contributed by atoms with E-state index in [1.165, 1.54) is 0 Å². The molecule has 2 rings (SSSR count). The molecule has 5 nitrogen and oxygen atoms in total. The van der Waals surface area contributed by atoms with Gasteiger partial charge in [-0.3, -0.25) is 4.90 Å². The molecule has 0 unspecified atom stereocenters. The van der Waals surface area contributed by atoms with Crippen molar-refractivity contribution in [1.82, 2.24) is 4.98 Å². The van der Waals surface area contributed by atoms with Crippen molar-refractivity contribution in [1.29, 1.82) is 0 Å². The van der Waals surface area contributed by atoms with Gasteiger partial charge in [-0.2, -0.15) is 0 Å². The molecule has 0 atom stereocenters. The summed E-state index contributed by atoms with van der Waals surface area (Å²) in [5.74, 6) is 0. The quantitative estimate of drug-likeness (QED) is 0.687. The predicted molar refractivity (Wildman–Crippen MR) is 76.1 cm³/mol. The Hall–Kier alpha value is -1.49. The highest BCUT2D eigenvalue weighted by Crippen LogP contribution is 2.33. The van der Waals surface area contributed by atoms with Crippen LogP contribution < -0.4 is 9.80 Å². The first-order chi connectivity index (χ1) is 8.78. The van der Waals surface area contributed by atoms with E-state index in [1.807, 2.05) is 32.7 Å². The van der Waals surface area contributed by atoms with Crippen molar-refractivity contribution in [3.63, 3.8) is 0 Å². The lowest BCUT2D eigenvalue weighted by molar-refractivity contribution is 0.0580. The molecular formula is C13H18ClN3O2. The molecule has 6 heteroatoms. The molecule has 19 heavy (non-hydrogen) atoms. The number of rotatable bonds is 0. The molecule has 0 spiro atoms. The Morgan fingerprint density at radius 1 is 1.37 bits per heavy atom. The molecule has 1 amide bonds. The van der Waals surface area contributed by atoms with Crippen LogP contribution in [0, 0.1) is 0 Å². The molecule has 0 fully saturated rings. The number of fused-ring (bicyclic) bond motifs is 1. The van der Waals surface area contributed by atoms with Crippen molar-refractivity contribution in [3.05, 3.63) is 17.4 Å². The number of carbonyl (C=O) groups excluding carboxylic acids is 1. The molecule has 0 bridgehead atoms. The minimum Gasteiger partial charge on any atom is -0.443 e. The summed E-state index contributed by atoms with van der Waals surface area (Å²) in [7, 11) is 1.96. The number of carbonyl (C=O) groups is 1. The lowest BCUT2D eigenvalue weighted by atomic mass is 10.2. The Morgan fingerprint density at radius 3 is 2.68 bits per heavy atom. The van der Waals surface area contributed by atoms with Gasteiger partial charge in [-0.25, -0.2) is 9.78 Å². The molecule has 1 aliphatic rings. The van der Waals surface area contributed by atoms with Crippen molar-refractivity contribution < 1.29 is 9.53 Å². The third-order valence-corrected chi connectivity index (χ3v) is 3.01. The van der Waals surface area contributed by atoms with E-state index >= 15 is 0 Å². The van der Waals surface area contributed by atoms with Crippen LogP contribution in [0.3, 0.4) is 0 Å². The van der Waals surface area contributed by atoms with Gasteiger partial charge in [0.25, 0.3) is 0 Å². The van der Waals surface area contributed by atoms with E-state index in [1.54, 1.807) is 17.2 Å². The second-order valence-electron chi connectivity index (χ2n) is 5.55. The zero-order chi connectivity index (χ0) is 14.2. The molecule has 0 N–H and O–H groups in total. The largest absolute Gasteiger partial charge is 0.443 e. The van der Waals surface area contributed by atoms with E-state index in [2.05, 4.69) is 4.98 Å². The fourth-order valence-electron chi connectivity index (χ4n) is 1.92. The zero-order valence-electron chi connectivity index (χ0n) is 11.6. The standard InChI is InChI=1S/C13H18ClN3O2/c1-13(2,3)19-12(18)17-6-5-16(4)9-7-11(14)15-8-10(9)17/h7-8H,5-6H2,1-4H3. The monoisotopic (exact) mass is 283 g/mol. The Kier molecular flexibility index (Phi) is 3.58. The van der Waals surface area contributed by atoms with Gasteiger partial charge in [0.05, 0.1) is 17.6 Å². The number of amides is 1. The van der Waals surface area contributed by atoms with Crippen LogP contribution in [-0.2, 0) is 4.74 Å². The zero-order valence-corrected chi connectivity index (χ0v) is 12.4. The number of pyridine rings is 1. The van der Waals surface area contributed by atoms with Gasteiger partial charge in [-0.05, 0) is 20.8 Å². The first-order valence-electron chi connectivity index (χ1n) is 6.15. The van der Waals surface area contributed by atoms with Crippen molar-refractivity contribution >= 4 is 29.1 Å². The maximum absolute atomic E-state index is 12.2. The third kappa shape index (κ3) is 3.10. The maximum atomic E-state index is 12.2. The molecule has 0 saturated carbocycles. The van der Waals surface area contributed by atoms with Crippen LogP contribution >= 0.6 is 11.6 Å². The molecule has 104 valence electrons. The molecule has 1 aliphatic heterocycles. The first-order valence-corrected chi connectivity index (χ1v) is 6.53. The van der Waals surface area contributed by atoms with Gasteiger partial charge < -0.3 is 9.64 Å². The van der Waals surface area contributed by atoms with Gasteiger partial charge in [0, 0.05) is 26.2 Å². The summed E-state index contributed by atoms with van der Waals surface area (Å²) in [5, 5.41) is 0.414. The normalized spacial score (nSPS) is 15.2. The van der Waals surface area contributed by atoms with E-state index in [-0.39, 0.29) is 6.09 Å². The summed E-state index contributed by atoms with van der Waals surface area (Å²) < 4.78 is 5.41. The number of halogens is 1. The van der Waals surface area contributed by atoms with Crippen LogP contribution in [0.1, 0.15) is 20.8 Å². The topological polar surface area (TPSA) is 45.7 Å². The summed E-state index contributed by atoms with van der Waals surface area (Å²) in [6, 6.07) is 1.76. The average Bonchev–Trinajstić information content (AvgIpc) is 2.27. The molecule has 0 aliphatic carbocycles. The summed E-state index contributed by atoms with van der Waals surface area (Å²) in [4.78, 5) is 19.9. The van der Waals surface area contributed by atoms with Gasteiger partial charge in [0.15, 0.2) is 0 Å². The highest BCUT2D eigenvalue weighted by Gasteiger charge is 2.29. The van der Waals surface area contributed by atoms with E-state index < -0.39 is 5.60 Å². The molecular weight excluding hydrogens is 266 g/mol. The third-order valence-electron chi connectivity index (χ3n) is 2.80. The van der Waals surface area contributed by atoms with Gasteiger partial charge in [-0.15, -0.1) is 0 Å². The van der Waals surface area contributed by atoms with Crippen LogP contribution in [-0.4, -0.2) is 36.8 Å². The molecule has 0 saturated heterocycles. The van der Waals surface area contributed by atoms with Crippen molar-refractivity contribution in [2.24, 2.45) is 0 Å². The predicted octanol–water partition coefficient (Wildman–Crippen LogP) is 2.93. The smallest absolute Gasteiger partial charge is 0.414 e. The summed E-state index contributed by atoms with van der Waals surface area (Å²) in [6.07, 6.45) is 1.25. The van der Waals surface area contributed by atoms with Crippen LogP contribution in [0.5, 0.6) is 0 Å². The van der Waals surface area contributed by atoms with Crippen LogP contribution in [0.4, 0.5) is 16.2 Å². The Balaban J connectivity index is 2.31. The lowest BCUT2D eigenvalue weighted by Crippen LogP contribution is -2.45. The second kappa shape index (κ2) is 4.89. The maximum Gasteiger partial charge on any atom is 0.414 e. The average molecular weight is 284 g/mol. The fraction of sp³-hybridized carbons (Fsp3) is 0.538. The van der Waals surface area contributed by atoms with Crippen molar-refractivity contribution in [2.75, 3.05) is 29.9 Å². The number of nitrogens with zero attached hydrogens (tertiary/aromatic N) is 3. The SMILES string of the molecule is CN1CCN(C(=O)OC(C)(C)C)c2cnc(Cl)cc21. The molecule has 2 heterocycles. The Morgan fingerprint density at radius 2 is 2.05 bits per heavy atom. The number of hydrogen-bond acceptors (Lipinski definition) is 4. The fourth-order valence-corrected chi connectivity index (χ4v) is 2.08. The lowest BCUT2D eigenvalue weighted by Gasteiger charge is -2.36. The van der Waals surface area contributed by atoms with E-state index in [4.69, 9.17) is 16.3 Å².